The van der Waals surface area contributed by atoms with Crippen LogP contribution in [-0.2, 0) is 9.53 Å². The van der Waals surface area contributed by atoms with Crippen LogP contribution in [0.25, 0.3) is 0 Å². The molecular formula is C16H21ClF2N2O2. The highest BCUT2D eigenvalue weighted by molar-refractivity contribution is 5.85. The molecule has 2 fully saturated rings. The molecule has 0 aliphatic carbocycles. The number of hydrogen-bond acceptors (Lipinski definition) is 3. The summed E-state index contributed by atoms with van der Waals surface area (Å²) in [7, 11) is 0. The van der Waals surface area contributed by atoms with Crippen LogP contribution in [0.15, 0.2) is 18.2 Å². The summed E-state index contributed by atoms with van der Waals surface area (Å²) in [6.45, 7) is 3.03. The van der Waals surface area contributed by atoms with E-state index in [9.17, 15) is 13.6 Å². The van der Waals surface area contributed by atoms with E-state index in [1.165, 1.54) is 6.07 Å². The van der Waals surface area contributed by atoms with Crippen molar-refractivity contribution in [3.8, 4) is 0 Å². The van der Waals surface area contributed by atoms with Crippen LogP contribution in [0.4, 0.5) is 8.78 Å². The van der Waals surface area contributed by atoms with Crippen molar-refractivity contribution < 1.29 is 18.3 Å². The van der Waals surface area contributed by atoms with Gasteiger partial charge in [0.05, 0.1) is 19.1 Å². The lowest BCUT2D eigenvalue weighted by Gasteiger charge is -2.36. The molecule has 0 radical (unpaired) electrons. The maximum atomic E-state index is 13.4. The molecule has 0 bridgehead atoms. The monoisotopic (exact) mass is 346 g/mol. The summed E-state index contributed by atoms with van der Waals surface area (Å²) >= 11 is 0. The Morgan fingerprint density at radius 2 is 2.13 bits per heavy atom. The summed E-state index contributed by atoms with van der Waals surface area (Å²) in [6.07, 6.45) is 1.51. The van der Waals surface area contributed by atoms with Crippen molar-refractivity contribution in [2.24, 2.45) is 5.92 Å². The normalized spacial score (nSPS) is 24.9. The molecule has 1 aromatic rings. The third-order valence-corrected chi connectivity index (χ3v) is 4.34. The molecule has 7 heteroatoms. The van der Waals surface area contributed by atoms with E-state index in [-0.39, 0.29) is 24.2 Å². The summed E-state index contributed by atoms with van der Waals surface area (Å²) in [5.41, 5.74) is 0.568. The smallest absolute Gasteiger partial charge is 0.227 e. The Labute approximate surface area is 140 Å². The van der Waals surface area contributed by atoms with E-state index in [0.717, 1.165) is 31.5 Å². The second-order valence-corrected chi connectivity index (χ2v) is 5.86. The fraction of sp³-hybridized carbons (Fsp3) is 0.562. The van der Waals surface area contributed by atoms with Crippen molar-refractivity contribution in [3.05, 3.63) is 35.4 Å². The molecule has 3 rings (SSSR count). The summed E-state index contributed by atoms with van der Waals surface area (Å²) in [4.78, 5) is 14.3. The van der Waals surface area contributed by atoms with Crippen LogP contribution < -0.4 is 5.32 Å². The average Bonchev–Trinajstić information content (AvgIpc) is 2.57. The van der Waals surface area contributed by atoms with Gasteiger partial charge < -0.3 is 15.0 Å². The number of carbonyl (C=O) groups excluding carboxylic acids is 1. The zero-order valence-electron chi connectivity index (χ0n) is 12.8. The zero-order chi connectivity index (χ0) is 15.5. The fourth-order valence-corrected chi connectivity index (χ4v) is 3.08. The number of ether oxygens (including phenoxy) is 1. The van der Waals surface area contributed by atoms with E-state index in [1.807, 2.05) is 0 Å². The van der Waals surface area contributed by atoms with Gasteiger partial charge in [0, 0.05) is 13.1 Å². The number of piperidine rings is 1. The van der Waals surface area contributed by atoms with E-state index in [4.69, 9.17) is 4.74 Å². The van der Waals surface area contributed by atoms with Gasteiger partial charge in [0.2, 0.25) is 5.91 Å². The van der Waals surface area contributed by atoms with Gasteiger partial charge in [0.1, 0.15) is 6.10 Å². The SMILES string of the molecule is Cl.O=C(C1CCCNC1)N1CCOC(c2ccc(F)c(F)c2)C1. The summed E-state index contributed by atoms with van der Waals surface area (Å²) < 4.78 is 32.0. The molecule has 1 N–H and O–H groups in total. The molecule has 0 saturated carbocycles. The number of nitrogens with one attached hydrogen (secondary N) is 1. The number of benzene rings is 1. The standard InChI is InChI=1S/C16H20F2N2O2.ClH/c17-13-4-3-11(8-14(13)18)15-10-20(6-7-22-15)16(21)12-2-1-5-19-9-12;/h3-4,8,12,15,19H,1-2,5-7,9-10H2;1H. The minimum absolute atomic E-state index is 0. The van der Waals surface area contributed by atoms with E-state index < -0.39 is 17.7 Å². The number of amides is 1. The van der Waals surface area contributed by atoms with Gasteiger partial charge in [-0.3, -0.25) is 4.79 Å². The first-order valence-electron chi connectivity index (χ1n) is 7.71. The van der Waals surface area contributed by atoms with Crippen LogP contribution in [0.3, 0.4) is 0 Å². The van der Waals surface area contributed by atoms with Crippen LogP contribution in [0.1, 0.15) is 24.5 Å². The Balaban J connectivity index is 0.00000192. The number of hydrogen-bond donors (Lipinski definition) is 1. The largest absolute Gasteiger partial charge is 0.370 e. The molecule has 2 atom stereocenters. The van der Waals surface area contributed by atoms with Crippen LogP contribution in [-0.4, -0.2) is 43.6 Å². The molecule has 0 spiro atoms. The summed E-state index contributed by atoms with van der Waals surface area (Å²) in [6, 6.07) is 3.76. The Hall–Kier alpha value is -1.24. The lowest BCUT2D eigenvalue weighted by molar-refractivity contribution is -0.143. The highest BCUT2D eigenvalue weighted by Gasteiger charge is 2.30. The molecule has 128 valence electrons. The molecule has 2 aliphatic rings. The predicted molar refractivity (Wildman–Crippen MR) is 84.5 cm³/mol. The van der Waals surface area contributed by atoms with Crippen LogP contribution >= 0.6 is 12.4 Å². The lowest BCUT2D eigenvalue weighted by Crippen LogP contribution is -2.48. The minimum Gasteiger partial charge on any atom is -0.370 e. The minimum atomic E-state index is -0.888. The van der Waals surface area contributed by atoms with Gasteiger partial charge in [-0.1, -0.05) is 6.07 Å². The first kappa shape index (κ1) is 18.1. The average molecular weight is 347 g/mol. The van der Waals surface area contributed by atoms with Crippen molar-refractivity contribution in [3.63, 3.8) is 0 Å². The Morgan fingerprint density at radius 1 is 1.30 bits per heavy atom. The second-order valence-electron chi connectivity index (χ2n) is 5.86. The molecule has 1 aromatic carbocycles. The van der Waals surface area contributed by atoms with Gasteiger partial charge in [-0.15, -0.1) is 12.4 Å². The molecule has 0 aromatic heterocycles. The van der Waals surface area contributed by atoms with Crippen molar-refractivity contribution in [1.29, 1.82) is 0 Å². The van der Waals surface area contributed by atoms with Gasteiger partial charge in [-0.05, 0) is 37.1 Å². The van der Waals surface area contributed by atoms with Gasteiger partial charge in [-0.25, -0.2) is 8.78 Å². The molecule has 2 unspecified atom stereocenters. The van der Waals surface area contributed by atoms with Crippen molar-refractivity contribution in [2.75, 3.05) is 32.8 Å². The van der Waals surface area contributed by atoms with E-state index in [0.29, 0.717) is 31.8 Å². The Morgan fingerprint density at radius 3 is 2.83 bits per heavy atom. The van der Waals surface area contributed by atoms with Crippen LogP contribution in [0.5, 0.6) is 0 Å². The second kappa shape index (κ2) is 8.04. The number of carbonyl (C=O) groups is 1. The molecule has 4 nitrogen and oxygen atoms in total. The predicted octanol–water partition coefficient (Wildman–Crippen LogP) is 2.29. The van der Waals surface area contributed by atoms with Crippen LogP contribution in [0.2, 0.25) is 0 Å². The number of morpholine rings is 1. The first-order valence-corrected chi connectivity index (χ1v) is 7.71. The zero-order valence-corrected chi connectivity index (χ0v) is 13.6. The van der Waals surface area contributed by atoms with Crippen molar-refractivity contribution in [2.45, 2.75) is 18.9 Å². The van der Waals surface area contributed by atoms with Gasteiger partial charge in [0.25, 0.3) is 0 Å². The number of nitrogens with zero attached hydrogens (tertiary/aromatic N) is 1. The maximum absolute atomic E-state index is 13.4. The number of halogens is 3. The van der Waals surface area contributed by atoms with E-state index in [2.05, 4.69) is 5.32 Å². The maximum Gasteiger partial charge on any atom is 0.227 e. The molecule has 23 heavy (non-hydrogen) atoms. The molecule has 2 heterocycles. The van der Waals surface area contributed by atoms with Crippen molar-refractivity contribution in [1.82, 2.24) is 10.2 Å². The highest BCUT2D eigenvalue weighted by atomic mass is 35.5. The van der Waals surface area contributed by atoms with Gasteiger partial charge in [0.15, 0.2) is 11.6 Å². The summed E-state index contributed by atoms with van der Waals surface area (Å²) in [5, 5.41) is 3.24. The molecular weight excluding hydrogens is 326 g/mol. The van der Waals surface area contributed by atoms with Gasteiger partial charge in [-0.2, -0.15) is 0 Å². The van der Waals surface area contributed by atoms with Crippen molar-refractivity contribution >= 4 is 18.3 Å². The third-order valence-electron chi connectivity index (χ3n) is 4.34. The highest BCUT2D eigenvalue weighted by Crippen LogP contribution is 2.25. The Kier molecular flexibility index (Phi) is 6.33. The topological polar surface area (TPSA) is 41.6 Å². The molecule has 1 amide bonds. The molecule has 2 saturated heterocycles. The number of rotatable bonds is 2. The fourth-order valence-electron chi connectivity index (χ4n) is 3.08. The van der Waals surface area contributed by atoms with E-state index >= 15 is 0 Å². The van der Waals surface area contributed by atoms with E-state index in [1.54, 1.807) is 4.90 Å². The lowest BCUT2D eigenvalue weighted by atomic mass is 9.97. The quantitative estimate of drug-likeness (QED) is 0.893. The summed E-state index contributed by atoms with van der Waals surface area (Å²) in [5.74, 6) is -1.62. The third kappa shape index (κ3) is 4.19. The molecule has 2 aliphatic heterocycles. The Bertz CT molecular complexity index is 553. The first-order chi connectivity index (χ1) is 10.6. The van der Waals surface area contributed by atoms with Gasteiger partial charge >= 0.3 is 0 Å². The van der Waals surface area contributed by atoms with Crippen LogP contribution in [0, 0.1) is 17.6 Å².